The molecule has 4 heteroatoms. The molecule has 1 atom stereocenters. The van der Waals surface area contributed by atoms with Crippen molar-refractivity contribution in [3.8, 4) is 0 Å². The van der Waals surface area contributed by atoms with Gasteiger partial charge in [0.1, 0.15) is 0 Å². The average Bonchev–Trinajstić information content (AvgIpc) is 2.73. The molecule has 0 spiro atoms. The van der Waals surface area contributed by atoms with Gasteiger partial charge < -0.3 is 14.6 Å². The van der Waals surface area contributed by atoms with Gasteiger partial charge >= 0.3 is 0 Å². The van der Waals surface area contributed by atoms with Gasteiger partial charge in [-0.05, 0) is 50.2 Å². The van der Waals surface area contributed by atoms with E-state index < -0.39 is 6.10 Å². The molecule has 1 unspecified atom stereocenters. The van der Waals surface area contributed by atoms with E-state index in [-0.39, 0.29) is 5.43 Å². The number of rotatable bonds is 10. The molecule has 1 heterocycles. The standard InChI is InChI=1S/C24H32N2O2/c1-3-5-15-25(16-6-4-2)17-19(27)18-26-22-13-9-7-11-20(22)24(28)21-12-8-10-14-23(21)26/h7-14,19,27H,3-6,15-18H2,1-2H3. The van der Waals surface area contributed by atoms with Crippen molar-refractivity contribution in [3.63, 3.8) is 0 Å². The first-order valence-corrected chi connectivity index (χ1v) is 10.6. The number of aromatic nitrogens is 1. The van der Waals surface area contributed by atoms with E-state index in [4.69, 9.17) is 0 Å². The van der Waals surface area contributed by atoms with Crippen LogP contribution in [0.3, 0.4) is 0 Å². The van der Waals surface area contributed by atoms with E-state index in [1.807, 2.05) is 48.5 Å². The van der Waals surface area contributed by atoms with Gasteiger partial charge in [-0.25, -0.2) is 0 Å². The molecule has 28 heavy (non-hydrogen) atoms. The molecule has 150 valence electrons. The largest absolute Gasteiger partial charge is 0.390 e. The number of benzene rings is 2. The zero-order valence-electron chi connectivity index (χ0n) is 17.1. The normalized spacial score (nSPS) is 12.9. The molecule has 0 saturated heterocycles. The summed E-state index contributed by atoms with van der Waals surface area (Å²) in [6.45, 7) is 7.60. The maximum Gasteiger partial charge on any atom is 0.197 e. The summed E-state index contributed by atoms with van der Waals surface area (Å²) in [5.74, 6) is 0. The summed E-state index contributed by atoms with van der Waals surface area (Å²) < 4.78 is 2.11. The lowest BCUT2D eigenvalue weighted by Crippen LogP contribution is -2.36. The Bertz CT molecular complexity index is 896. The highest BCUT2D eigenvalue weighted by atomic mass is 16.3. The second-order valence-corrected chi connectivity index (χ2v) is 7.64. The van der Waals surface area contributed by atoms with Gasteiger partial charge in [-0.3, -0.25) is 4.79 Å². The molecule has 0 bridgehead atoms. The van der Waals surface area contributed by atoms with E-state index in [1.165, 1.54) is 0 Å². The van der Waals surface area contributed by atoms with Crippen molar-refractivity contribution in [2.24, 2.45) is 0 Å². The fraction of sp³-hybridized carbons (Fsp3) is 0.458. The molecule has 0 fully saturated rings. The molecule has 0 amide bonds. The van der Waals surface area contributed by atoms with Crippen LogP contribution in [0.25, 0.3) is 21.8 Å². The summed E-state index contributed by atoms with van der Waals surface area (Å²) in [7, 11) is 0. The lowest BCUT2D eigenvalue weighted by atomic mass is 10.1. The van der Waals surface area contributed by atoms with Crippen LogP contribution >= 0.6 is 0 Å². The van der Waals surface area contributed by atoms with Gasteiger partial charge in [0.15, 0.2) is 5.43 Å². The Hall–Kier alpha value is -2.17. The summed E-state index contributed by atoms with van der Waals surface area (Å²) >= 11 is 0. The average molecular weight is 381 g/mol. The molecule has 1 aromatic heterocycles. The summed E-state index contributed by atoms with van der Waals surface area (Å²) in [6, 6.07) is 15.4. The van der Waals surface area contributed by atoms with Crippen LogP contribution in [0.15, 0.2) is 53.3 Å². The highest BCUT2D eigenvalue weighted by Gasteiger charge is 2.16. The summed E-state index contributed by atoms with van der Waals surface area (Å²) in [6.07, 6.45) is 4.14. The number of hydrogen-bond acceptors (Lipinski definition) is 3. The van der Waals surface area contributed by atoms with E-state index in [2.05, 4.69) is 23.3 Å². The number of hydrogen-bond donors (Lipinski definition) is 1. The van der Waals surface area contributed by atoms with Crippen molar-refractivity contribution in [1.82, 2.24) is 9.47 Å². The van der Waals surface area contributed by atoms with Crippen molar-refractivity contribution in [1.29, 1.82) is 0 Å². The van der Waals surface area contributed by atoms with Gasteiger partial charge in [0.05, 0.1) is 23.7 Å². The number of aliphatic hydroxyl groups is 1. The summed E-state index contributed by atoms with van der Waals surface area (Å²) in [5, 5.41) is 12.3. The van der Waals surface area contributed by atoms with Crippen LogP contribution in [-0.4, -0.2) is 40.3 Å². The number of fused-ring (bicyclic) bond motifs is 2. The molecule has 3 aromatic rings. The maximum atomic E-state index is 12.9. The highest BCUT2D eigenvalue weighted by Crippen LogP contribution is 2.19. The van der Waals surface area contributed by atoms with E-state index >= 15 is 0 Å². The van der Waals surface area contributed by atoms with Crippen LogP contribution in [-0.2, 0) is 6.54 Å². The quantitative estimate of drug-likeness (QED) is 0.530. The van der Waals surface area contributed by atoms with Crippen LogP contribution < -0.4 is 5.43 Å². The van der Waals surface area contributed by atoms with Crippen LogP contribution in [0.4, 0.5) is 0 Å². The molecule has 1 N–H and O–H groups in total. The Balaban J connectivity index is 1.91. The zero-order chi connectivity index (χ0) is 19.9. The Labute approximate surface area is 167 Å². The van der Waals surface area contributed by atoms with Gasteiger partial charge in [0, 0.05) is 17.3 Å². The number of aliphatic hydroxyl groups excluding tert-OH is 1. The number of nitrogens with zero attached hydrogens (tertiary/aromatic N) is 2. The van der Waals surface area contributed by atoms with Crippen LogP contribution in [0.2, 0.25) is 0 Å². The molecule has 3 rings (SSSR count). The molecule has 0 saturated carbocycles. The van der Waals surface area contributed by atoms with Crippen molar-refractivity contribution >= 4 is 21.8 Å². The lowest BCUT2D eigenvalue weighted by molar-refractivity contribution is 0.0981. The SMILES string of the molecule is CCCCN(CCCC)CC(O)Cn1c2ccccc2c(=O)c2ccccc21. The summed E-state index contributed by atoms with van der Waals surface area (Å²) in [5.41, 5.74) is 1.84. The van der Waals surface area contributed by atoms with Crippen LogP contribution in [0.1, 0.15) is 39.5 Å². The van der Waals surface area contributed by atoms with Gasteiger partial charge in [-0.15, -0.1) is 0 Å². The van der Waals surface area contributed by atoms with E-state index in [0.717, 1.165) is 49.8 Å². The van der Waals surface area contributed by atoms with E-state index in [9.17, 15) is 9.90 Å². The first-order valence-electron chi connectivity index (χ1n) is 10.6. The predicted molar refractivity (Wildman–Crippen MR) is 118 cm³/mol. The monoisotopic (exact) mass is 380 g/mol. The number of para-hydroxylation sites is 2. The molecular formula is C24H32N2O2. The van der Waals surface area contributed by atoms with Gasteiger partial charge in [-0.1, -0.05) is 51.0 Å². The third-order valence-corrected chi connectivity index (χ3v) is 5.40. The minimum absolute atomic E-state index is 0.0597. The third-order valence-electron chi connectivity index (χ3n) is 5.40. The minimum Gasteiger partial charge on any atom is -0.390 e. The highest BCUT2D eigenvalue weighted by molar-refractivity contribution is 5.93. The Morgan fingerprint density at radius 1 is 0.893 bits per heavy atom. The van der Waals surface area contributed by atoms with Crippen LogP contribution in [0.5, 0.6) is 0 Å². The molecule has 4 nitrogen and oxygen atoms in total. The molecule has 2 aromatic carbocycles. The van der Waals surface area contributed by atoms with Crippen molar-refractivity contribution in [2.75, 3.05) is 19.6 Å². The zero-order valence-corrected chi connectivity index (χ0v) is 17.1. The Kier molecular flexibility index (Phi) is 7.24. The van der Waals surface area contributed by atoms with Crippen molar-refractivity contribution in [2.45, 2.75) is 52.2 Å². The Morgan fingerprint density at radius 3 is 1.89 bits per heavy atom. The smallest absolute Gasteiger partial charge is 0.197 e. The lowest BCUT2D eigenvalue weighted by Gasteiger charge is -2.26. The third kappa shape index (κ3) is 4.62. The topological polar surface area (TPSA) is 45.5 Å². The van der Waals surface area contributed by atoms with Gasteiger partial charge in [-0.2, -0.15) is 0 Å². The fourth-order valence-corrected chi connectivity index (χ4v) is 3.90. The first-order chi connectivity index (χ1) is 13.7. The van der Waals surface area contributed by atoms with E-state index in [1.54, 1.807) is 0 Å². The molecule has 0 aliphatic carbocycles. The maximum absolute atomic E-state index is 12.9. The van der Waals surface area contributed by atoms with Crippen molar-refractivity contribution < 1.29 is 5.11 Å². The van der Waals surface area contributed by atoms with Crippen LogP contribution in [0, 0.1) is 0 Å². The summed E-state index contributed by atoms with van der Waals surface area (Å²) in [4.78, 5) is 15.2. The molecular weight excluding hydrogens is 348 g/mol. The van der Waals surface area contributed by atoms with Gasteiger partial charge in [0.25, 0.3) is 0 Å². The predicted octanol–water partition coefficient (Wildman–Crippen LogP) is 4.42. The molecule has 0 aliphatic heterocycles. The van der Waals surface area contributed by atoms with Crippen molar-refractivity contribution in [3.05, 3.63) is 58.8 Å². The number of pyridine rings is 1. The second kappa shape index (κ2) is 9.85. The van der Waals surface area contributed by atoms with Gasteiger partial charge in [0.2, 0.25) is 0 Å². The molecule has 0 radical (unpaired) electrons. The Morgan fingerprint density at radius 2 is 1.39 bits per heavy atom. The van der Waals surface area contributed by atoms with E-state index in [0.29, 0.717) is 23.9 Å². The second-order valence-electron chi connectivity index (χ2n) is 7.64. The fourth-order valence-electron chi connectivity index (χ4n) is 3.90. The minimum atomic E-state index is -0.483. The first kappa shape index (κ1) is 20.6. The molecule has 0 aliphatic rings. The number of unbranched alkanes of at least 4 members (excludes halogenated alkanes) is 2.